The number of carbonyl (C=O) groups excluding carboxylic acids is 1. The zero-order chi connectivity index (χ0) is 13.2. The minimum atomic E-state index is -0.116. The number of carbonyl (C=O) groups is 1. The third-order valence-electron chi connectivity index (χ3n) is 3.73. The minimum Gasteiger partial charge on any atom is -0.335 e. The number of hydrogen-bond acceptors (Lipinski definition) is 2. The molecule has 1 aliphatic rings. The van der Waals surface area contributed by atoms with E-state index in [1.54, 1.807) is 4.57 Å². The molecule has 1 fully saturated rings. The molecule has 0 saturated heterocycles. The van der Waals surface area contributed by atoms with Gasteiger partial charge in [-0.05, 0) is 37.2 Å². The second-order valence-corrected chi connectivity index (χ2v) is 5.45. The lowest BCUT2D eigenvalue weighted by atomic mass is 9.96. The van der Waals surface area contributed by atoms with E-state index in [-0.39, 0.29) is 12.1 Å². The van der Waals surface area contributed by atoms with Crippen LogP contribution >= 0.6 is 12.2 Å². The zero-order valence-electron chi connectivity index (χ0n) is 10.7. The molecule has 2 aromatic rings. The molecular formula is C14H17N3OS. The first-order valence-corrected chi connectivity index (χ1v) is 7.17. The Hall–Kier alpha value is -1.62. The number of imidazole rings is 1. The molecule has 0 radical (unpaired) electrons. The van der Waals surface area contributed by atoms with Crippen molar-refractivity contribution in [2.45, 2.75) is 38.1 Å². The van der Waals surface area contributed by atoms with Crippen LogP contribution in [-0.2, 0) is 0 Å². The van der Waals surface area contributed by atoms with Crippen LogP contribution in [0.1, 0.15) is 32.1 Å². The number of nitrogens with one attached hydrogen (secondary N) is 2. The van der Waals surface area contributed by atoms with Crippen LogP contribution in [0.5, 0.6) is 0 Å². The Morgan fingerprint density at radius 3 is 2.79 bits per heavy atom. The van der Waals surface area contributed by atoms with Crippen molar-refractivity contribution in [1.29, 1.82) is 0 Å². The van der Waals surface area contributed by atoms with Crippen LogP contribution in [0, 0.1) is 4.77 Å². The topological polar surface area (TPSA) is 49.8 Å². The second-order valence-electron chi connectivity index (χ2n) is 5.07. The van der Waals surface area contributed by atoms with Crippen LogP contribution in [0.15, 0.2) is 24.3 Å². The van der Waals surface area contributed by atoms with Gasteiger partial charge in [0.2, 0.25) is 0 Å². The fourth-order valence-corrected chi connectivity index (χ4v) is 3.03. The molecule has 100 valence electrons. The summed E-state index contributed by atoms with van der Waals surface area (Å²) in [4.78, 5) is 15.4. The Balaban J connectivity index is 1.88. The lowest BCUT2D eigenvalue weighted by Crippen LogP contribution is -2.38. The van der Waals surface area contributed by atoms with Gasteiger partial charge >= 0.3 is 6.03 Å². The predicted octanol–water partition coefficient (Wildman–Crippen LogP) is 3.59. The fraction of sp³-hybridized carbons (Fsp3) is 0.429. The Kier molecular flexibility index (Phi) is 3.38. The van der Waals surface area contributed by atoms with Crippen LogP contribution in [0.25, 0.3) is 11.0 Å². The van der Waals surface area contributed by atoms with Gasteiger partial charge in [0.25, 0.3) is 0 Å². The SMILES string of the molecule is O=C(NC1CCCCC1)n1c(=S)[nH]c2ccccc21. The first kappa shape index (κ1) is 12.4. The molecule has 1 saturated carbocycles. The van der Waals surface area contributed by atoms with Crippen LogP contribution < -0.4 is 5.32 Å². The van der Waals surface area contributed by atoms with Crippen molar-refractivity contribution in [1.82, 2.24) is 14.9 Å². The molecule has 0 spiro atoms. The largest absolute Gasteiger partial charge is 0.335 e. The summed E-state index contributed by atoms with van der Waals surface area (Å²) in [6, 6.07) is 7.84. The third kappa shape index (κ3) is 2.42. The Labute approximate surface area is 116 Å². The molecule has 1 amide bonds. The number of fused-ring (bicyclic) bond motifs is 1. The molecule has 0 aliphatic heterocycles. The lowest BCUT2D eigenvalue weighted by Gasteiger charge is -2.22. The Bertz CT molecular complexity index is 652. The van der Waals surface area contributed by atoms with Gasteiger partial charge in [0, 0.05) is 6.04 Å². The smallest absolute Gasteiger partial charge is 0.328 e. The van der Waals surface area contributed by atoms with Crippen molar-refractivity contribution in [2.75, 3.05) is 0 Å². The van der Waals surface area contributed by atoms with Gasteiger partial charge in [0.15, 0.2) is 4.77 Å². The molecule has 19 heavy (non-hydrogen) atoms. The van der Waals surface area contributed by atoms with E-state index in [1.165, 1.54) is 19.3 Å². The number of para-hydroxylation sites is 2. The molecule has 3 rings (SSSR count). The predicted molar refractivity (Wildman–Crippen MR) is 77.9 cm³/mol. The van der Waals surface area contributed by atoms with Gasteiger partial charge in [-0.1, -0.05) is 31.4 Å². The maximum absolute atomic E-state index is 12.4. The quantitative estimate of drug-likeness (QED) is 0.781. The van der Waals surface area contributed by atoms with Crippen LogP contribution in [0.2, 0.25) is 0 Å². The molecule has 0 unspecified atom stereocenters. The molecule has 1 aromatic carbocycles. The normalized spacial score (nSPS) is 16.6. The number of rotatable bonds is 1. The van der Waals surface area contributed by atoms with E-state index in [0.29, 0.717) is 4.77 Å². The maximum atomic E-state index is 12.4. The van der Waals surface area contributed by atoms with Gasteiger partial charge in [-0.15, -0.1) is 0 Å². The van der Waals surface area contributed by atoms with E-state index in [1.807, 2.05) is 24.3 Å². The van der Waals surface area contributed by atoms with Gasteiger partial charge in [-0.25, -0.2) is 9.36 Å². The molecule has 5 heteroatoms. The van der Waals surface area contributed by atoms with Crippen molar-refractivity contribution in [3.8, 4) is 0 Å². The third-order valence-corrected chi connectivity index (χ3v) is 4.01. The number of amides is 1. The van der Waals surface area contributed by atoms with Crippen molar-refractivity contribution >= 4 is 29.3 Å². The maximum Gasteiger partial charge on any atom is 0.328 e. The highest BCUT2D eigenvalue weighted by Crippen LogP contribution is 2.18. The molecule has 0 atom stereocenters. The summed E-state index contributed by atoms with van der Waals surface area (Å²) < 4.78 is 2.01. The second kappa shape index (κ2) is 5.17. The van der Waals surface area contributed by atoms with E-state index in [4.69, 9.17) is 12.2 Å². The summed E-state index contributed by atoms with van der Waals surface area (Å²) >= 11 is 5.24. The summed E-state index contributed by atoms with van der Waals surface area (Å²) in [5.74, 6) is 0. The monoisotopic (exact) mass is 275 g/mol. The standard InChI is InChI=1S/C14H17N3OS/c18-13(15-10-6-2-1-3-7-10)17-12-9-5-4-8-11(12)16-14(17)19/h4-5,8-10H,1-3,6-7H2,(H,15,18)(H,16,19). The number of aromatic amines is 1. The lowest BCUT2D eigenvalue weighted by molar-refractivity contribution is 0.234. The summed E-state index contributed by atoms with van der Waals surface area (Å²) in [6.45, 7) is 0. The molecular weight excluding hydrogens is 258 g/mol. The summed E-state index contributed by atoms with van der Waals surface area (Å²) in [7, 11) is 0. The average molecular weight is 275 g/mol. The minimum absolute atomic E-state index is 0.116. The number of aromatic nitrogens is 2. The van der Waals surface area contributed by atoms with E-state index in [9.17, 15) is 4.79 Å². The van der Waals surface area contributed by atoms with Crippen molar-refractivity contribution < 1.29 is 4.79 Å². The highest BCUT2D eigenvalue weighted by atomic mass is 32.1. The van der Waals surface area contributed by atoms with Crippen LogP contribution in [0.4, 0.5) is 4.79 Å². The van der Waals surface area contributed by atoms with Crippen molar-refractivity contribution in [3.05, 3.63) is 29.0 Å². The van der Waals surface area contributed by atoms with Gasteiger partial charge in [-0.2, -0.15) is 0 Å². The van der Waals surface area contributed by atoms with Crippen LogP contribution in [0.3, 0.4) is 0 Å². The number of hydrogen-bond donors (Lipinski definition) is 2. The van der Waals surface area contributed by atoms with Gasteiger partial charge in [0.05, 0.1) is 11.0 Å². The van der Waals surface area contributed by atoms with E-state index < -0.39 is 0 Å². The van der Waals surface area contributed by atoms with E-state index >= 15 is 0 Å². The highest BCUT2D eigenvalue weighted by molar-refractivity contribution is 7.71. The Morgan fingerprint density at radius 1 is 1.26 bits per heavy atom. The zero-order valence-corrected chi connectivity index (χ0v) is 11.5. The summed E-state index contributed by atoms with van der Waals surface area (Å²) in [6.07, 6.45) is 5.82. The van der Waals surface area contributed by atoms with E-state index in [0.717, 1.165) is 23.9 Å². The first-order chi connectivity index (χ1) is 9.25. The van der Waals surface area contributed by atoms with Gasteiger partial charge in [-0.3, -0.25) is 0 Å². The number of nitrogens with zero attached hydrogens (tertiary/aromatic N) is 1. The van der Waals surface area contributed by atoms with Crippen LogP contribution in [-0.4, -0.2) is 21.6 Å². The summed E-state index contributed by atoms with van der Waals surface area (Å²) in [5, 5.41) is 3.09. The van der Waals surface area contributed by atoms with Crippen molar-refractivity contribution in [3.63, 3.8) is 0 Å². The average Bonchev–Trinajstić information content (AvgIpc) is 2.75. The molecule has 0 bridgehead atoms. The van der Waals surface area contributed by atoms with Crippen molar-refractivity contribution in [2.24, 2.45) is 0 Å². The Morgan fingerprint density at radius 2 is 2.00 bits per heavy atom. The van der Waals surface area contributed by atoms with E-state index in [2.05, 4.69) is 10.3 Å². The molecule has 2 N–H and O–H groups in total. The number of benzene rings is 1. The van der Waals surface area contributed by atoms with Gasteiger partial charge in [0.1, 0.15) is 0 Å². The van der Waals surface area contributed by atoms with Gasteiger partial charge < -0.3 is 10.3 Å². The first-order valence-electron chi connectivity index (χ1n) is 6.76. The number of H-pyrrole nitrogens is 1. The fourth-order valence-electron chi connectivity index (χ4n) is 2.74. The highest BCUT2D eigenvalue weighted by Gasteiger charge is 2.18. The molecule has 1 aromatic heterocycles. The molecule has 4 nitrogen and oxygen atoms in total. The molecule has 1 aliphatic carbocycles. The molecule has 1 heterocycles. The summed E-state index contributed by atoms with van der Waals surface area (Å²) in [5.41, 5.74) is 1.73.